The normalized spacial score (nSPS) is 18.6. The van der Waals surface area contributed by atoms with Gasteiger partial charge in [0.15, 0.2) is 0 Å². The van der Waals surface area contributed by atoms with E-state index >= 15 is 0 Å². The van der Waals surface area contributed by atoms with Crippen molar-refractivity contribution in [2.24, 2.45) is 0 Å². The fourth-order valence-electron chi connectivity index (χ4n) is 1.35. The third-order valence-electron chi connectivity index (χ3n) is 2.49. The summed E-state index contributed by atoms with van der Waals surface area (Å²) in [6.45, 7) is 0. The fraction of sp³-hybridized carbons (Fsp3) is 0.444. The van der Waals surface area contributed by atoms with Gasteiger partial charge in [-0.15, -0.1) is 0 Å². The number of anilines is 2. The monoisotopic (exact) mass is 217 g/mol. The molecular formula is C9H10F3N3. The van der Waals surface area contributed by atoms with Crippen molar-refractivity contribution in [1.82, 2.24) is 4.98 Å². The van der Waals surface area contributed by atoms with Crippen molar-refractivity contribution in [2.45, 2.75) is 24.6 Å². The van der Waals surface area contributed by atoms with Crippen molar-refractivity contribution in [2.75, 3.05) is 11.1 Å². The van der Waals surface area contributed by atoms with Gasteiger partial charge in [0.25, 0.3) is 0 Å². The third-order valence-corrected chi connectivity index (χ3v) is 2.49. The van der Waals surface area contributed by atoms with Gasteiger partial charge in [0.05, 0.1) is 5.69 Å². The number of alkyl halides is 3. The lowest BCUT2D eigenvalue weighted by Crippen LogP contribution is -2.39. The molecule has 15 heavy (non-hydrogen) atoms. The Kier molecular flexibility index (Phi) is 2.02. The minimum absolute atomic E-state index is 0.0759. The number of nitrogen functional groups attached to an aromatic ring is 1. The molecule has 0 bridgehead atoms. The van der Waals surface area contributed by atoms with Gasteiger partial charge in [-0.25, -0.2) is 4.98 Å². The Morgan fingerprint density at radius 2 is 2.07 bits per heavy atom. The highest BCUT2D eigenvalue weighted by atomic mass is 19.4. The van der Waals surface area contributed by atoms with Gasteiger partial charge < -0.3 is 11.1 Å². The number of nitrogens with one attached hydrogen (secondary N) is 1. The molecule has 0 spiro atoms. The number of hydrogen-bond acceptors (Lipinski definition) is 3. The zero-order valence-electron chi connectivity index (χ0n) is 7.80. The van der Waals surface area contributed by atoms with Gasteiger partial charge in [-0.1, -0.05) is 0 Å². The van der Waals surface area contributed by atoms with Gasteiger partial charge >= 0.3 is 6.18 Å². The number of rotatable bonds is 2. The van der Waals surface area contributed by atoms with Crippen LogP contribution in [0.3, 0.4) is 0 Å². The minimum Gasteiger partial charge on any atom is -0.396 e. The van der Waals surface area contributed by atoms with Crippen LogP contribution < -0.4 is 11.1 Å². The summed E-state index contributed by atoms with van der Waals surface area (Å²) in [5.41, 5.74) is 3.93. The van der Waals surface area contributed by atoms with E-state index in [1.54, 1.807) is 6.07 Å². The van der Waals surface area contributed by atoms with E-state index in [2.05, 4.69) is 10.3 Å². The quantitative estimate of drug-likeness (QED) is 0.798. The second-order valence-corrected chi connectivity index (χ2v) is 3.65. The summed E-state index contributed by atoms with van der Waals surface area (Å²) in [5.74, 6) is 0.104. The second-order valence-electron chi connectivity index (χ2n) is 3.65. The molecular weight excluding hydrogens is 207 g/mol. The van der Waals surface area contributed by atoms with Crippen LogP contribution in [0.4, 0.5) is 24.7 Å². The maximum atomic E-state index is 12.6. The number of nitrogens with two attached hydrogens (primary N) is 1. The second kappa shape index (κ2) is 3.01. The highest BCUT2D eigenvalue weighted by Gasteiger charge is 2.63. The highest BCUT2D eigenvalue weighted by molar-refractivity contribution is 5.62. The van der Waals surface area contributed by atoms with Gasteiger partial charge in [0.1, 0.15) is 11.4 Å². The lowest BCUT2D eigenvalue weighted by molar-refractivity contribution is -0.151. The molecule has 1 heterocycles. The Morgan fingerprint density at radius 3 is 2.53 bits per heavy atom. The molecule has 0 atom stereocenters. The molecule has 1 aliphatic carbocycles. The first kappa shape index (κ1) is 10.1. The molecule has 0 aromatic carbocycles. The van der Waals surface area contributed by atoms with Crippen LogP contribution in [-0.2, 0) is 0 Å². The molecule has 0 unspecified atom stereocenters. The molecule has 1 aromatic heterocycles. The lowest BCUT2D eigenvalue weighted by Gasteiger charge is -2.21. The molecule has 82 valence electrons. The zero-order chi connectivity index (χ0) is 11.1. The van der Waals surface area contributed by atoms with Crippen LogP contribution >= 0.6 is 0 Å². The van der Waals surface area contributed by atoms with Gasteiger partial charge in [-0.3, -0.25) is 0 Å². The van der Waals surface area contributed by atoms with Crippen LogP contribution in [-0.4, -0.2) is 16.7 Å². The van der Waals surface area contributed by atoms with Gasteiger partial charge in [0.2, 0.25) is 0 Å². The zero-order valence-corrected chi connectivity index (χ0v) is 7.80. The summed E-state index contributed by atoms with van der Waals surface area (Å²) in [6.07, 6.45) is -2.69. The predicted octanol–water partition coefficient (Wildman–Crippen LogP) is 2.17. The van der Waals surface area contributed by atoms with E-state index in [1.807, 2.05) is 0 Å². The fourth-order valence-corrected chi connectivity index (χ4v) is 1.35. The molecule has 3 nitrogen and oxygen atoms in total. The molecule has 0 radical (unpaired) electrons. The number of hydrogen-bond donors (Lipinski definition) is 2. The van der Waals surface area contributed by atoms with Crippen LogP contribution in [0.25, 0.3) is 0 Å². The molecule has 6 heteroatoms. The van der Waals surface area contributed by atoms with Crippen molar-refractivity contribution in [3.8, 4) is 0 Å². The van der Waals surface area contributed by atoms with E-state index < -0.39 is 11.7 Å². The molecule has 3 N–H and O–H groups in total. The van der Waals surface area contributed by atoms with E-state index in [9.17, 15) is 13.2 Å². The molecule has 1 fully saturated rings. The number of halogens is 3. The largest absolute Gasteiger partial charge is 0.411 e. The van der Waals surface area contributed by atoms with Crippen LogP contribution in [0, 0.1) is 0 Å². The molecule has 2 rings (SSSR count). The first-order valence-corrected chi connectivity index (χ1v) is 4.50. The first-order chi connectivity index (χ1) is 6.95. The molecule has 0 amide bonds. The average molecular weight is 217 g/mol. The Morgan fingerprint density at radius 1 is 1.40 bits per heavy atom. The predicted molar refractivity (Wildman–Crippen MR) is 50.3 cm³/mol. The number of aromatic nitrogens is 1. The summed E-state index contributed by atoms with van der Waals surface area (Å²) < 4.78 is 37.7. The Hall–Kier alpha value is -1.46. The summed E-state index contributed by atoms with van der Waals surface area (Å²) in [7, 11) is 0. The maximum Gasteiger partial charge on any atom is 0.411 e. The van der Waals surface area contributed by atoms with E-state index in [0.29, 0.717) is 0 Å². The van der Waals surface area contributed by atoms with E-state index in [0.717, 1.165) is 0 Å². The van der Waals surface area contributed by atoms with Crippen molar-refractivity contribution in [1.29, 1.82) is 0 Å². The lowest BCUT2D eigenvalue weighted by atomic mass is 10.2. The van der Waals surface area contributed by atoms with E-state index in [1.165, 1.54) is 12.3 Å². The third kappa shape index (κ3) is 1.71. The average Bonchev–Trinajstić information content (AvgIpc) is 2.89. The van der Waals surface area contributed by atoms with Gasteiger partial charge in [-0.2, -0.15) is 13.2 Å². The Bertz CT molecular complexity index is 371. The maximum absolute atomic E-state index is 12.6. The molecule has 1 aromatic rings. The smallest absolute Gasteiger partial charge is 0.396 e. The Balaban J connectivity index is 2.20. The van der Waals surface area contributed by atoms with Crippen molar-refractivity contribution in [3.63, 3.8) is 0 Å². The number of nitrogens with zero attached hydrogens (tertiary/aromatic N) is 1. The van der Waals surface area contributed by atoms with Crippen molar-refractivity contribution in [3.05, 3.63) is 18.3 Å². The molecule has 1 saturated carbocycles. The van der Waals surface area contributed by atoms with Gasteiger partial charge in [-0.05, 0) is 25.0 Å². The SMILES string of the molecule is Nc1cccnc1NC1(C(F)(F)F)CC1. The minimum atomic E-state index is -4.25. The number of pyridine rings is 1. The van der Waals surface area contributed by atoms with Crippen LogP contribution in [0.1, 0.15) is 12.8 Å². The van der Waals surface area contributed by atoms with Crippen LogP contribution in [0.2, 0.25) is 0 Å². The first-order valence-electron chi connectivity index (χ1n) is 4.50. The molecule has 0 saturated heterocycles. The van der Waals surface area contributed by atoms with E-state index in [-0.39, 0.29) is 24.3 Å². The molecule has 1 aliphatic rings. The summed E-state index contributed by atoms with van der Waals surface area (Å²) in [4.78, 5) is 3.78. The highest BCUT2D eigenvalue weighted by Crippen LogP contribution is 2.51. The Labute approximate surface area is 84.5 Å². The standard InChI is InChI=1S/C9H10F3N3/c10-9(11,12)8(3-4-8)15-7-6(13)2-1-5-14-7/h1-2,5H,3-4,13H2,(H,14,15). The van der Waals surface area contributed by atoms with Crippen molar-refractivity contribution < 1.29 is 13.2 Å². The topological polar surface area (TPSA) is 50.9 Å². The van der Waals surface area contributed by atoms with Crippen LogP contribution in [0.5, 0.6) is 0 Å². The van der Waals surface area contributed by atoms with Crippen LogP contribution in [0.15, 0.2) is 18.3 Å². The van der Waals surface area contributed by atoms with E-state index in [4.69, 9.17) is 5.73 Å². The van der Waals surface area contributed by atoms with Gasteiger partial charge in [0, 0.05) is 6.20 Å². The summed E-state index contributed by atoms with van der Waals surface area (Å²) in [6, 6.07) is 3.09. The summed E-state index contributed by atoms with van der Waals surface area (Å²) >= 11 is 0. The summed E-state index contributed by atoms with van der Waals surface area (Å²) in [5, 5.41) is 2.38. The molecule has 0 aliphatic heterocycles. The van der Waals surface area contributed by atoms with Crippen molar-refractivity contribution >= 4 is 11.5 Å².